The maximum Gasteiger partial charge on any atom is 0.319 e. The van der Waals surface area contributed by atoms with Gasteiger partial charge in [-0.05, 0) is 50.5 Å². The third kappa shape index (κ3) is 3.85. The fraction of sp³-hybridized carbons (Fsp3) is 0.278. The Kier molecular flexibility index (Phi) is 4.63. The second-order valence-electron chi connectivity index (χ2n) is 5.50. The van der Waals surface area contributed by atoms with Crippen LogP contribution in [0.3, 0.4) is 0 Å². The van der Waals surface area contributed by atoms with Gasteiger partial charge in [0.15, 0.2) is 0 Å². The van der Waals surface area contributed by atoms with Crippen LogP contribution in [-0.4, -0.2) is 6.03 Å². The summed E-state index contributed by atoms with van der Waals surface area (Å²) in [6.07, 6.45) is 0. The highest BCUT2D eigenvalue weighted by Crippen LogP contribution is 2.19. The lowest BCUT2D eigenvalue weighted by Crippen LogP contribution is -2.31. The van der Waals surface area contributed by atoms with Crippen molar-refractivity contribution < 1.29 is 4.79 Å². The number of para-hydroxylation sites is 1. The van der Waals surface area contributed by atoms with Gasteiger partial charge < -0.3 is 10.6 Å². The van der Waals surface area contributed by atoms with Crippen molar-refractivity contribution in [2.24, 2.45) is 0 Å². The minimum Gasteiger partial charge on any atom is -0.331 e. The number of amides is 2. The summed E-state index contributed by atoms with van der Waals surface area (Å²) in [6.45, 7) is 8.10. The minimum atomic E-state index is -0.183. The van der Waals surface area contributed by atoms with Crippen molar-refractivity contribution in [2.75, 3.05) is 5.32 Å². The van der Waals surface area contributed by atoms with Crippen LogP contribution < -0.4 is 10.6 Å². The highest BCUT2D eigenvalue weighted by atomic mass is 16.2. The molecule has 2 N–H and O–H groups in total. The lowest BCUT2D eigenvalue weighted by atomic mass is 10.0. The fourth-order valence-corrected chi connectivity index (χ4v) is 2.37. The molecule has 0 spiro atoms. The van der Waals surface area contributed by atoms with Crippen LogP contribution in [-0.2, 0) is 0 Å². The highest BCUT2D eigenvalue weighted by Gasteiger charge is 2.12. The molecule has 3 heteroatoms. The summed E-state index contributed by atoms with van der Waals surface area (Å²) in [5.41, 5.74) is 5.41. The summed E-state index contributed by atoms with van der Waals surface area (Å²) >= 11 is 0. The number of hydrogen-bond donors (Lipinski definition) is 2. The molecule has 0 saturated carbocycles. The zero-order chi connectivity index (χ0) is 15.4. The summed E-state index contributed by atoms with van der Waals surface area (Å²) in [5.74, 6) is 0. The Balaban J connectivity index is 2.06. The van der Waals surface area contributed by atoms with Crippen LogP contribution in [0.2, 0.25) is 0 Å². The number of anilines is 1. The predicted octanol–water partition coefficient (Wildman–Crippen LogP) is 4.49. The van der Waals surface area contributed by atoms with E-state index in [1.807, 2.05) is 38.1 Å². The van der Waals surface area contributed by atoms with Gasteiger partial charge in [-0.1, -0.05) is 42.0 Å². The molecule has 110 valence electrons. The Morgan fingerprint density at radius 2 is 1.71 bits per heavy atom. The smallest absolute Gasteiger partial charge is 0.319 e. The van der Waals surface area contributed by atoms with Gasteiger partial charge in [-0.3, -0.25) is 0 Å². The molecule has 0 fully saturated rings. The monoisotopic (exact) mass is 282 g/mol. The molecule has 1 atom stereocenters. The molecule has 2 amide bonds. The average Bonchev–Trinajstić information content (AvgIpc) is 2.44. The first-order chi connectivity index (χ1) is 9.97. The Hall–Kier alpha value is -2.29. The Morgan fingerprint density at radius 1 is 1.00 bits per heavy atom. The van der Waals surface area contributed by atoms with E-state index in [0.29, 0.717) is 0 Å². The summed E-state index contributed by atoms with van der Waals surface area (Å²) in [6, 6.07) is 13.8. The van der Waals surface area contributed by atoms with Crippen molar-refractivity contribution in [1.29, 1.82) is 0 Å². The Morgan fingerprint density at radius 3 is 2.43 bits per heavy atom. The lowest BCUT2D eigenvalue weighted by Gasteiger charge is -2.18. The molecular weight excluding hydrogens is 260 g/mol. The number of carbonyl (C=O) groups is 1. The number of benzene rings is 2. The molecule has 3 nitrogen and oxygen atoms in total. The highest BCUT2D eigenvalue weighted by molar-refractivity contribution is 5.90. The van der Waals surface area contributed by atoms with Crippen molar-refractivity contribution in [3.8, 4) is 0 Å². The van der Waals surface area contributed by atoms with Gasteiger partial charge in [0.1, 0.15) is 0 Å². The molecule has 0 bridgehead atoms. The van der Waals surface area contributed by atoms with E-state index >= 15 is 0 Å². The molecule has 2 rings (SSSR count). The number of rotatable bonds is 3. The normalized spacial score (nSPS) is 11.8. The van der Waals surface area contributed by atoms with Gasteiger partial charge in [0.25, 0.3) is 0 Å². The summed E-state index contributed by atoms with van der Waals surface area (Å²) in [7, 11) is 0. The first-order valence-corrected chi connectivity index (χ1v) is 7.17. The average molecular weight is 282 g/mol. The summed E-state index contributed by atoms with van der Waals surface area (Å²) in [4.78, 5) is 12.1. The second-order valence-corrected chi connectivity index (χ2v) is 5.50. The minimum absolute atomic E-state index is 0.0334. The van der Waals surface area contributed by atoms with Gasteiger partial charge in [0.05, 0.1) is 6.04 Å². The van der Waals surface area contributed by atoms with Crippen LogP contribution in [0.5, 0.6) is 0 Å². The van der Waals surface area contributed by atoms with Crippen molar-refractivity contribution >= 4 is 11.7 Å². The molecule has 0 heterocycles. The molecule has 1 unspecified atom stereocenters. The van der Waals surface area contributed by atoms with Crippen LogP contribution in [0.15, 0.2) is 42.5 Å². The van der Waals surface area contributed by atoms with E-state index in [-0.39, 0.29) is 12.1 Å². The van der Waals surface area contributed by atoms with E-state index in [1.165, 1.54) is 11.1 Å². The molecule has 21 heavy (non-hydrogen) atoms. The van der Waals surface area contributed by atoms with Gasteiger partial charge in [-0.2, -0.15) is 0 Å². The Labute approximate surface area is 126 Å². The second kappa shape index (κ2) is 6.44. The number of aryl methyl sites for hydroxylation is 3. The standard InChI is InChI=1S/C18H22N2O/c1-12-9-10-13(2)16(11-12)15(4)19-18(21)20-17-8-6-5-7-14(17)3/h5-11,15H,1-4H3,(H2,19,20,21). The van der Waals surface area contributed by atoms with Gasteiger partial charge in [0.2, 0.25) is 0 Å². The first kappa shape index (κ1) is 15.1. The van der Waals surface area contributed by atoms with E-state index in [2.05, 4.69) is 42.7 Å². The molecule has 2 aromatic rings. The zero-order valence-electron chi connectivity index (χ0n) is 13.0. The van der Waals surface area contributed by atoms with Crippen LogP contribution in [0.1, 0.15) is 35.2 Å². The maximum absolute atomic E-state index is 12.1. The van der Waals surface area contributed by atoms with E-state index in [1.54, 1.807) is 0 Å². The van der Waals surface area contributed by atoms with Gasteiger partial charge >= 0.3 is 6.03 Å². The van der Waals surface area contributed by atoms with Crippen molar-refractivity contribution in [3.63, 3.8) is 0 Å². The first-order valence-electron chi connectivity index (χ1n) is 7.17. The van der Waals surface area contributed by atoms with E-state index in [4.69, 9.17) is 0 Å². The topological polar surface area (TPSA) is 41.1 Å². The number of hydrogen-bond acceptors (Lipinski definition) is 1. The number of urea groups is 1. The zero-order valence-corrected chi connectivity index (χ0v) is 13.0. The van der Waals surface area contributed by atoms with Gasteiger partial charge in [-0.15, -0.1) is 0 Å². The van der Waals surface area contributed by atoms with Crippen molar-refractivity contribution in [3.05, 3.63) is 64.7 Å². The largest absolute Gasteiger partial charge is 0.331 e. The van der Waals surface area contributed by atoms with Crippen LogP contribution >= 0.6 is 0 Å². The third-order valence-electron chi connectivity index (χ3n) is 3.64. The molecule has 0 saturated heterocycles. The molecular formula is C18H22N2O. The van der Waals surface area contributed by atoms with Crippen molar-refractivity contribution in [1.82, 2.24) is 5.32 Å². The van der Waals surface area contributed by atoms with E-state index < -0.39 is 0 Å². The van der Waals surface area contributed by atoms with Crippen molar-refractivity contribution in [2.45, 2.75) is 33.7 Å². The molecule has 0 aliphatic carbocycles. The van der Waals surface area contributed by atoms with Gasteiger partial charge in [-0.25, -0.2) is 4.79 Å². The quantitative estimate of drug-likeness (QED) is 0.855. The maximum atomic E-state index is 12.1. The molecule has 0 aliphatic heterocycles. The summed E-state index contributed by atoms with van der Waals surface area (Å²) < 4.78 is 0. The molecule has 0 radical (unpaired) electrons. The number of carbonyl (C=O) groups excluding carboxylic acids is 1. The van der Waals surface area contributed by atoms with Crippen LogP contribution in [0, 0.1) is 20.8 Å². The van der Waals surface area contributed by atoms with Crippen LogP contribution in [0.4, 0.5) is 10.5 Å². The molecule has 2 aromatic carbocycles. The Bertz CT molecular complexity index is 649. The molecule has 0 aromatic heterocycles. The third-order valence-corrected chi connectivity index (χ3v) is 3.64. The lowest BCUT2D eigenvalue weighted by molar-refractivity contribution is 0.249. The SMILES string of the molecule is Cc1ccc(C)c(C(C)NC(=O)Nc2ccccc2C)c1. The summed E-state index contributed by atoms with van der Waals surface area (Å²) in [5, 5.41) is 5.88. The van der Waals surface area contributed by atoms with E-state index in [0.717, 1.165) is 16.8 Å². The van der Waals surface area contributed by atoms with Crippen LogP contribution in [0.25, 0.3) is 0 Å². The molecule has 0 aliphatic rings. The predicted molar refractivity (Wildman–Crippen MR) is 87.7 cm³/mol. The van der Waals surface area contributed by atoms with Gasteiger partial charge in [0, 0.05) is 5.69 Å². The number of nitrogens with one attached hydrogen (secondary N) is 2. The van der Waals surface area contributed by atoms with E-state index in [9.17, 15) is 4.79 Å². The fourth-order valence-electron chi connectivity index (χ4n) is 2.37.